The van der Waals surface area contributed by atoms with Gasteiger partial charge in [0.1, 0.15) is 16.5 Å². The van der Waals surface area contributed by atoms with Gasteiger partial charge < -0.3 is 15.0 Å². The Morgan fingerprint density at radius 2 is 1.80 bits per heavy atom. The molecule has 0 bridgehead atoms. The zero-order valence-electron chi connectivity index (χ0n) is 17.1. The summed E-state index contributed by atoms with van der Waals surface area (Å²) < 4.78 is 5.24. The van der Waals surface area contributed by atoms with Gasteiger partial charge in [0.15, 0.2) is 0 Å². The van der Waals surface area contributed by atoms with Crippen LogP contribution in [0.15, 0.2) is 60.0 Å². The second-order valence-electron chi connectivity index (χ2n) is 7.26. The molecule has 0 aliphatic carbocycles. The van der Waals surface area contributed by atoms with E-state index in [1.807, 2.05) is 47.8 Å². The second kappa shape index (κ2) is 9.73. The molecule has 6 nitrogen and oxygen atoms in total. The average molecular weight is 423 g/mol. The van der Waals surface area contributed by atoms with E-state index in [1.165, 1.54) is 5.69 Å². The molecule has 0 spiro atoms. The van der Waals surface area contributed by atoms with E-state index < -0.39 is 0 Å². The minimum absolute atomic E-state index is 0.120. The van der Waals surface area contributed by atoms with Gasteiger partial charge in [0.05, 0.1) is 13.7 Å². The van der Waals surface area contributed by atoms with Crippen LogP contribution in [0.1, 0.15) is 21.1 Å². The molecule has 30 heavy (non-hydrogen) atoms. The zero-order valence-corrected chi connectivity index (χ0v) is 17.9. The molecule has 3 aromatic rings. The van der Waals surface area contributed by atoms with Crippen molar-refractivity contribution < 1.29 is 9.53 Å². The van der Waals surface area contributed by atoms with Crippen LogP contribution < -0.4 is 15.0 Å². The number of carbonyl (C=O) groups excluding carboxylic acids is 1. The standard InChI is InChI=1S/C23H26N4O2S/c1-29-20-9-7-19(8-10-20)27-13-11-26(12-14-27)16-22-25-21(17-30-22)23(28)24-15-18-5-3-2-4-6-18/h2-10,17H,11-16H2,1H3,(H,24,28). The van der Waals surface area contributed by atoms with Crippen LogP contribution in [-0.2, 0) is 13.1 Å². The lowest BCUT2D eigenvalue weighted by molar-refractivity contribution is 0.0946. The second-order valence-corrected chi connectivity index (χ2v) is 8.20. The van der Waals surface area contributed by atoms with Crippen molar-refractivity contribution >= 4 is 22.9 Å². The minimum atomic E-state index is -0.120. The van der Waals surface area contributed by atoms with E-state index >= 15 is 0 Å². The van der Waals surface area contributed by atoms with Crippen molar-refractivity contribution in [3.8, 4) is 5.75 Å². The summed E-state index contributed by atoms with van der Waals surface area (Å²) in [7, 11) is 1.69. The summed E-state index contributed by atoms with van der Waals surface area (Å²) in [6, 6.07) is 18.1. The van der Waals surface area contributed by atoms with E-state index in [4.69, 9.17) is 4.74 Å². The van der Waals surface area contributed by atoms with Crippen LogP contribution in [0, 0.1) is 0 Å². The number of ether oxygens (including phenoxy) is 1. The molecule has 1 aliphatic rings. The zero-order chi connectivity index (χ0) is 20.8. The maximum Gasteiger partial charge on any atom is 0.271 e. The maximum atomic E-state index is 12.4. The molecule has 2 heterocycles. The number of nitrogens with zero attached hydrogens (tertiary/aromatic N) is 3. The molecule has 7 heteroatoms. The van der Waals surface area contributed by atoms with Gasteiger partial charge in [-0.25, -0.2) is 4.98 Å². The first-order valence-corrected chi connectivity index (χ1v) is 11.0. The molecule has 2 aromatic carbocycles. The van der Waals surface area contributed by atoms with Crippen molar-refractivity contribution in [3.63, 3.8) is 0 Å². The molecule has 0 radical (unpaired) electrons. The Morgan fingerprint density at radius 1 is 1.07 bits per heavy atom. The van der Waals surface area contributed by atoms with Crippen LogP contribution >= 0.6 is 11.3 Å². The topological polar surface area (TPSA) is 57.7 Å². The van der Waals surface area contributed by atoms with Crippen molar-refractivity contribution in [1.29, 1.82) is 0 Å². The van der Waals surface area contributed by atoms with Gasteiger partial charge in [-0.05, 0) is 29.8 Å². The normalized spacial score (nSPS) is 14.5. The fraction of sp³-hybridized carbons (Fsp3) is 0.304. The monoisotopic (exact) mass is 422 g/mol. The van der Waals surface area contributed by atoms with Crippen LogP contribution in [0.25, 0.3) is 0 Å². The van der Waals surface area contributed by atoms with Crippen LogP contribution in [0.4, 0.5) is 5.69 Å². The van der Waals surface area contributed by atoms with Crippen LogP contribution in [0.5, 0.6) is 5.75 Å². The van der Waals surface area contributed by atoms with Gasteiger partial charge in [0.2, 0.25) is 0 Å². The Labute approximate surface area is 181 Å². The molecule has 1 aromatic heterocycles. The highest BCUT2D eigenvalue weighted by molar-refractivity contribution is 7.09. The van der Waals surface area contributed by atoms with Gasteiger partial charge in [0, 0.05) is 43.8 Å². The lowest BCUT2D eigenvalue weighted by Gasteiger charge is -2.35. The molecular weight excluding hydrogens is 396 g/mol. The molecule has 4 rings (SSSR count). The van der Waals surface area contributed by atoms with Crippen molar-refractivity contribution in [2.75, 3.05) is 38.2 Å². The predicted molar refractivity (Wildman–Crippen MR) is 120 cm³/mol. The molecule has 0 atom stereocenters. The van der Waals surface area contributed by atoms with Crippen molar-refractivity contribution in [3.05, 3.63) is 76.2 Å². The lowest BCUT2D eigenvalue weighted by atomic mass is 10.2. The van der Waals surface area contributed by atoms with Crippen LogP contribution in [0.2, 0.25) is 0 Å². The highest BCUT2D eigenvalue weighted by Crippen LogP contribution is 2.21. The summed E-state index contributed by atoms with van der Waals surface area (Å²) in [6.45, 7) is 5.19. The van der Waals surface area contributed by atoms with E-state index in [0.29, 0.717) is 12.2 Å². The molecular formula is C23H26N4O2S. The van der Waals surface area contributed by atoms with Gasteiger partial charge in [0.25, 0.3) is 5.91 Å². The van der Waals surface area contributed by atoms with E-state index in [2.05, 4.69) is 32.2 Å². The number of thiazole rings is 1. The quantitative estimate of drug-likeness (QED) is 0.632. The van der Waals surface area contributed by atoms with Gasteiger partial charge in [-0.15, -0.1) is 11.3 Å². The number of rotatable bonds is 7. The highest BCUT2D eigenvalue weighted by Gasteiger charge is 2.19. The summed E-state index contributed by atoms with van der Waals surface area (Å²) in [5.74, 6) is 0.760. The number of carbonyl (C=O) groups is 1. The fourth-order valence-corrected chi connectivity index (χ4v) is 4.32. The minimum Gasteiger partial charge on any atom is -0.497 e. The molecule has 1 fully saturated rings. The summed E-state index contributed by atoms with van der Waals surface area (Å²) in [4.78, 5) is 21.7. The third-order valence-electron chi connectivity index (χ3n) is 5.25. The number of amides is 1. The number of aromatic nitrogens is 1. The van der Waals surface area contributed by atoms with Crippen LogP contribution in [0.3, 0.4) is 0 Å². The molecule has 1 amide bonds. The number of piperazine rings is 1. The molecule has 1 saturated heterocycles. The van der Waals surface area contributed by atoms with Gasteiger partial charge in [-0.1, -0.05) is 30.3 Å². The highest BCUT2D eigenvalue weighted by atomic mass is 32.1. The fourth-order valence-electron chi connectivity index (χ4n) is 3.51. The average Bonchev–Trinajstić information content (AvgIpc) is 3.27. The van der Waals surface area contributed by atoms with E-state index in [0.717, 1.165) is 49.0 Å². The lowest BCUT2D eigenvalue weighted by Crippen LogP contribution is -2.45. The van der Waals surface area contributed by atoms with Gasteiger partial charge in [-0.2, -0.15) is 0 Å². The summed E-state index contributed by atoms with van der Waals surface area (Å²) >= 11 is 1.55. The molecule has 1 aliphatic heterocycles. The number of benzene rings is 2. The Hall–Kier alpha value is -2.90. The Bertz CT molecular complexity index is 951. The van der Waals surface area contributed by atoms with E-state index in [1.54, 1.807) is 18.4 Å². The third kappa shape index (κ3) is 5.17. The SMILES string of the molecule is COc1ccc(N2CCN(Cc3nc(C(=O)NCc4ccccc4)cs3)CC2)cc1. The number of methoxy groups -OCH3 is 1. The molecule has 156 valence electrons. The first-order valence-electron chi connectivity index (χ1n) is 10.1. The number of hydrogen-bond acceptors (Lipinski definition) is 6. The Kier molecular flexibility index (Phi) is 6.61. The van der Waals surface area contributed by atoms with Gasteiger partial charge >= 0.3 is 0 Å². The molecule has 0 unspecified atom stereocenters. The first kappa shape index (κ1) is 20.4. The number of hydrogen-bond donors (Lipinski definition) is 1. The van der Waals surface area contributed by atoms with E-state index in [9.17, 15) is 4.79 Å². The smallest absolute Gasteiger partial charge is 0.271 e. The van der Waals surface area contributed by atoms with Crippen LogP contribution in [-0.4, -0.2) is 49.1 Å². The predicted octanol–water partition coefficient (Wildman–Crippen LogP) is 3.40. The third-order valence-corrected chi connectivity index (χ3v) is 6.08. The number of nitrogens with one attached hydrogen (secondary N) is 1. The maximum absolute atomic E-state index is 12.4. The Morgan fingerprint density at radius 3 is 2.50 bits per heavy atom. The Balaban J connectivity index is 1.25. The number of anilines is 1. The molecule has 0 saturated carbocycles. The van der Waals surface area contributed by atoms with Crippen molar-refractivity contribution in [2.45, 2.75) is 13.1 Å². The summed E-state index contributed by atoms with van der Waals surface area (Å²) in [5.41, 5.74) is 2.81. The molecule has 1 N–H and O–H groups in total. The van der Waals surface area contributed by atoms with Crippen molar-refractivity contribution in [1.82, 2.24) is 15.2 Å². The van der Waals surface area contributed by atoms with E-state index in [-0.39, 0.29) is 5.91 Å². The largest absolute Gasteiger partial charge is 0.497 e. The summed E-state index contributed by atoms with van der Waals surface area (Å²) in [5, 5.41) is 5.77. The van der Waals surface area contributed by atoms with Gasteiger partial charge in [-0.3, -0.25) is 9.69 Å². The first-order chi connectivity index (χ1) is 14.7. The van der Waals surface area contributed by atoms with Crippen molar-refractivity contribution in [2.24, 2.45) is 0 Å². The summed E-state index contributed by atoms with van der Waals surface area (Å²) in [6.07, 6.45) is 0.